The Hall–Kier alpha value is -3.78. The van der Waals surface area contributed by atoms with E-state index in [1.165, 1.54) is 31.4 Å². The smallest absolute Gasteiger partial charge is 0.425 e. The summed E-state index contributed by atoms with van der Waals surface area (Å²) in [5, 5.41) is 23.9. The molecule has 0 radical (unpaired) electrons. The summed E-state index contributed by atoms with van der Waals surface area (Å²) in [6, 6.07) is 22.4. The van der Waals surface area contributed by atoms with Gasteiger partial charge in [0, 0.05) is 11.1 Å². The molecule has 1 heterocycles. The highest BCUT2D eigenvalue weighted by Crippen LogP contribution is 2.42. The van der Waals surface area contributed by atoms with Crippen molar-refractivity contribution < 1.29 is 27.7 Å². The van der Waals surface area contributed by atoms with Gasteiger partial charge in [-0.05, 0) is 17.7 Å². The Labute approximate surface area is 188 Å². The Balaban J connectivity index is 1.90. The number of hydrogen-bond donors (Lipinski definition) is 1. The predicted octanol–water partition coefficient (Wildman–Crippen LogP) is 4.91. The minimum absolute atomic E-state index is 0.195. The summed E-state index contributed by atoms with van der Waals surface area (Å²) < 4.78 is 49.4. The maximum atomic E-state index is 14.2. The molecular weight excluding hydrogens is 433 g/mol. The number of benzene rings is 3. The number of aromatic nitrogens is 2. The van der Waals surface area contributed by atoms with Gasteiger partial charge in [-0.3, -0.25) is 0 Å². The fourth-order valence-corrected chi connectivity index (χ4v) is 3.82. The highest BCUT2D eigenvalue weighted by molar-refractivity contribution is 5.76. The fraction of sp³-hybridized carbons (Fsp3) is 0.160. The average Bonchev–Trinajstić information content (AvgIpc) is 3.14. The zero-order valence-corrected chi connectivity index (χ0v) is 17.7. The Morgan fingerprint density at radius 2 is 1.42 bits per heavy atom. The first-order valence-electron chi connectivity index (χ1n) is 10.1. The van der Waals surface area contributed by atoms with E-state index in [2.05, 4.69) is 0 Å². The van der Waals surface area contributed by atoms with E-state index in [9.17, 15) is 23.5 Å². The van der Waals surface area contributed by atoms with Crippen molar-refractivity contribution >= 4 is 0 Å². The summed E-state index contributed by atoms with van der Waals surface area (Å²) in [6.45, 7) is -0.915. The first-order valence-corrected chi connectivity index (χ1v) is 10.1. The van der Waals surface area contributed by atoms with Crippen LogP contribution in [0.5, 0.6) is 5.75 Å². The summed E-state index contributed by atoms with van der Waals surface area (Å²) in [5.41, 5.74) is -2.05. The van der Waals surface area contributed by atoms with E-state index >= 15 is 0 Å². The Morgan fingerprint density at radius 1 is 0.879 bits per heavy atom. The molecule has 0 saturated carbocycles. The second-order valence-corrected chi connectivity index (χ2v) is 7.58. The van der Waals surface area contributed by atoms with Crippen LogP contribution in [0.1, 0.15) is 5.56 Å². The number of ether oxygens (including phenoxy) is 1. The number of nitrogens with zero attached hydrogens (tertiary/aromatic N) is 2. The normalized spacial score (nSPS) is 13.5. The molecule has 1 aromatic heterocycles. The zero-order chi connectivity index (χ0) is 23.6. The molecule has 33 heavy (non-hydrogen) atoms. The van der Waals surface area contributed by atoms with Gasteiger partial charge in [0.05, 0.1) is 7.11 Å². The molecule has 0 bridgehead atoms. The van der Waals surface area contributed by atoms with Crippen LogP contribution in [0.25, 0.3) is 22.5 Å². The van der Waals surface area contributed by atoms with Crippen molar-refractivity contribution in [3.05, 3.63) is 102 Å². The Morgan fingerprint density at radius 3 is 1.94 bits per heavy atom. The van der Waals surface area contributed by atoms with Crippen LogP contribution in [-0.2, 0) is 12.1 Å². The maximum absolute atomic E-state index is 14.2. The van der Waals surface area contributed by atoms with Gasteiger partial charge in [-0.2, -0.15) is 13.2 Å². The monoisotopic (exact) mass is 454 g/mol. The van der Waals surface area contributed by atoms with E-state index in [4.69, 9.17) is 4.74 Å². The number of methoxy groups -OCH3 is 1. The van der Waals surface area contributed by atoms with Gasteiger partial charge >= 0.3 is 6.18 Å². The van der Waals surface area contributed by atoms with Crippen LogP contribution in [0.3, 0.4) is 0 Å². The molecule has 170 valence electrons. The summed E-state index contributed by atoms with van der Waals surface area (Å²) in [7, 11) is 1.40. The average molecular weight is 454 g/mol. The van der Waals surface area contributed by atoms with Crippen LogP contribution in [0.2, 0.25) is 0 Å². The van der Waals surface area contributed by atoms with Crippen molar-refractivity contribution in [2.75, 3.05) is 7.11 Å². The number of alkyl halides is 3. The van der Waals surface area contributed by atoms with Crippen molar-refractivity contribution in [2.24, 2.45) is 0 Å². The summed E-state index contributed by atoms with van der Waals surface area (Å²) in [6.07, 6.45) is -3.98. The van der Waals surface area contributed by atoms with Gasteiger partial charge in [0.25, 0.3) is 0 Å². The maximum Gasteiger partial charge on any atom is 0.425 e. The van der Waals surface area contributed by atoms with E-state index < -0.39 is 18.3 Å². The number of rotatable bonds is 6. The second-order valence-electron chi connectivity index (χ2n) is 7.58. The lowest BCUT2D eigenvalue weighted by molar-refractivity contribution is -0.593. The Kier molecular flexibility index (Phi) is 5.86. The predicted molar refractivity (Wildman–Crippen MR) is 117 cm³/mol. The third-order valence-corrected chi connectivity index (χ3v) is 5.51. The van der Waals surface area contributed by atoms with Crippen molar-refractivity contribution in [1.29, 1.82) is 0 Å². The van der Waals surface area contributed by atoms with Crippen LogP contribution in [0.4, 0.5) is 13.2 Å². The van der Waals surface area contributed by atoms with E-state index in [-0.39, 0.29) is 17.0 Å². The van der Waals surface area contributed by atoms with Crippen molar-refractivity contribution in [2.45, 2.75) is 18.3 Å². The van der Waals surface area contributed by atoms with E-state index in [0.717, 1.165) is 10.9 Å². The van der Waals surface area contributed by atoms with Gasteiger partial charge in [-0.15, -0.1) is 0 Å². The Bertz CT molecular complexity index is 1220. The molecule has 1 N–H and O–H groups in total. The molecule has 0 fully saturated rings. The van der Waals surface area contributed by atoms with Gasteiger partial charge < -0.3 is 15.1 Å². The molecule has 0 amide bonds. The van der Waals surface area contributed by atoms with Crippen LogP contribution < -0.4 is 9.47 Å². The first-order chi connectivity index (χ1) is 15.7. The van der Waals surface area contributed by atoms with Gasteiger partial charge in [0.2, 0.25) is 11.9 Å². The minimum Gasteiger partial charge on any atom is -0.710 e. The molecule has 0 saturated heterocycles. The van der Waals surface area contributed by atoms with Crippen LogP contribution in [0, 0.1) is 5.21 Å². The number of imidazole rings is 1. The molecule has 0 aliphatic rings. The van der Waals surface area contributed by atoms with Crippen molar-refractivity contribution in [3.8, 4) is 28.3 Å². The second kappa shape index (κ2) is 8.63. The number of halogens is 3. The topological polar surface area (TPSA) is 61.3 Å². The minimum atomic E-state index is -5.01. The van der Waals surface area contributed by atoms with Gasteiger partial charge in [-0.25, -0.2) is 9.30 Å². The largest absolute Gasteiger partial charge is 0.710 e. The van der Waals surface area contributed by atoms with E-state index in [1.807, 2.05) is 0 Å². The molecule has 3 aromatic carbocycles. The van der Waals surface area contributed by atoms with E-state index in [1.54, 1.807) is 60.7 Å². The molecule has 8 heteroatoms. The van der Waals surface area contributed by atoms with Gasteiger partial charge in [0.1, 0.15) is 12.3 Å². The third-order valence-electron chi connectivity index (χ3n) is 5.51. The lowest BCUT2D eigenvalue weighted by Crippen LogP contribution is -2.46. The molecule has 1 atom stereocenters. The number of hydrogen-bond acceptors (Lipinski definition) is 3. The lowest BCUT2D eigenvalue weighted by Gasteiger charge is -2.29. The molecule has 0 aliphatic carbocycles. The van der Waals surface area contributed by atoms with Gasteiger partial charge in [-0.1, -0.05) is 72.8 Å². The van der Waals surface area contributed by atoms with Crippen LogP contribution >= 0.6 is 0 Å². The SMILES string of the molecule is COc1ccc([C@](O)(Cn2c[n+]([O-])c(-c3ccccc3)c2-c2ccccc2)C(F)(F)F)cc1. The highest BCUT2D eigenvalue weighted by Gasteiger charge is 2.57. The molecular formula is C25H21F3N2O3. The summed E-state index contributed by atoms with van der Waals surface area (Å²) in [5.74, 6) is 0.359. The molecule has 4 rings (SSSR count). The van der Waals surface area contributed by atoms with Crippen LogP contribution in [-0.4, -0.2) is 23.0 Å². The summed E-state index contributed by atoms with van der Waals surface area (Å²) >= 11 is 0. The summed E-state index contributed by atoms with van der Waals surface area (Å²) in [4.78, 5) is 0. The number of aliphatic hydroxyl groups is 1. The molecule has 5 nitrogen and oxygen atoms in total. The molecule has 0 unspecified atom stereocenters. The quantitative estimate of drug-likeness (QED) is 0.333. The van der Waals surface area contributed by atoms with Crippen LogP contribution in [0.15, 0.2) is 91.3 Å². The highest BCUT2D eigenvalue weighted by atomic mass is 19.4. The zero-order valence-electron chi connectivity index (χ0n) is 17.7. The van der Waals surface area contributed by atoms with Gasteiger partial charge in [0.15, 0.2) is 11.4 Å². The van der Waals surface area contributed by atoms with E-state index in [0.29, 0.717) is 21.6 Å². The fourth-order valence-electron chi connectivity index (χ4n) is 3.82. The molecule has 0 spiro atoms. The van der Waals surface area contributed by atoms with Crippen molar-refractivity contribution in [3.63, 3.8) is 0 Å². The standard InChI is InChI=1S/C25H21F3N2O3/c1-33-21-14-12-20(13-15-21)24(31,25(26,27)28)16-29-17-30(32)23(19-10-6-3-7-11-19)22(29)18-8-4-2-5-9-18/h2-15,17,31H,16H2,1H3/t24-/m1/s1. The molecule has 0 aliphatic heterocycles. The van der Waals surface area contributed by atoms with Crippen molar-refractivity contribution in [1.82, 2.24) is 4.57 Å². The lowest BCUT2D eigenvalue weighted by atomic mass is 9.92. The third kappa shape index (κ3) is 4.17. The molecule has 4 aromatic rings. The first kappa shape index (κ1) is 22.4.